The molecular formula is C26H31NO10. The molecule has 1 aliphatic rings. The fourth-order valence-electron chi connectivity index (χ4n) is 4.12. The maximum absolute atomic E-state index is 13.0. The summed E-state index contributed by atoms with van der Waals surface area (Å²) in [6.07, 6.45) is -7.96. The number of aliphatic hydroxyl groups excluding tert-OH is 4. The number of ether oxygens (including phenoxy) is 3. The first kappa shape index (κ1) is 28.2. The number of nitrogens with two attached hydrogens (primary N) is 1. The zero-order valence-electron chi connectivity index (χ0n) is 20.0. The SMILES string of the molecule is NC(=O)[C@@]1(CCC(C(=O)OCc2ccccc2)C(=O)OCc2ccccc2)O[C@H](CO)[C@@H](O)[C@H](O)[C@@H]1O. The Morgan fingerprint density at radius 2 is 1.35 bits per heavy atom. The summed E-state index contributed by atoms with van der Waals surface area (Å²) >= 11 is 0. The number of primary amides is 1. The molecule has 1 fully saturated rings. The van der Waals surface area contributed by atoms with Crippen molar-refractivity contribution in [1.29, 1.82) is 0 Å². The first-order valence-corrected chi connectivity index (χ1v) is 11.7. The van der Waals surface area contributed by atoms with Crippen LogP contribution in [0.1, 0.15) is 24.0 Å². The molecule has 11 heteroatoms. The summed E-state index contributed by atoms with van der Waals surface area (Å²) in [6, 6.07) is 17.5. The zero-order valence-corrected chi connectivity index (χ0v) is 20.0. The minimum atomic E-state index is -2.30. The average molecular weight is 518 g/mol. The molecule has 11 nitrogen and oxygen atoms in total. The Bertz CT molecular complexity index is 992. The smallest absolute Gasteiger partial charge is 0.320 e. The van der Waals surface area contributed by atoms with Gasteiger partial charge in [-0.15, -0.1) is 0 Å². The van der Waals surface area contributed by atoms with E-state index in [1.165, 1.54) is 0 Å². The van der Waals surface area contributed by atoms with E-state index in [4.69, 9.17) is 19.9 Å². The van der Waals surface area contributed by atoms with Crippen molar-refractivity contribution in [3.63, 3.8) is 0 Å². The van der Waals surface area contributed by atoms with Gasteiger partial charge in [-0.2, -0.15) is 0 Å². The monoisotopic (exact) mass is 517 g/mol. The Kier molecular flexibility index (Phi) is 9.73. The predicted molar refractivity (Wildman–Crippen MR) is 127 cm³/mol. The molecule has 0 bridgehead atoms. The van der Waals surface area contributed by atoms with Crippen molar-refractivity contribution < 1.29 is 49.0 Å². The van der Waals surface area contributed by atoms with Crippen molar-refractivity contribution in [3.8, 4) is 0 Å². The van der Waals surface area contributed by atoms with Crippen LogP contribution in [-0.2, 0) is 41.8 Å². The lowest BCUT2D eigenvalue weighted by atomic mass is 9.79. The molecule has 2 aromatic rings. The number of carbonyl (C=O) groups excluding carboxylic acids is 3. The van der Waals surface area contributed by atoms with Crippen LogP contribution < -0.4 is 5.73 Å². The lowest BCUT2D eigenvalue weighted by Gasteiger charge is -2.47. The van der Waals surface area contributed by atoms with Crippen molar-refractivity contribution in [2.75, 3.05) is 6.61 Å². The molecule has 0 saturated carbocycles. The number of hydrogen-bond acceptors (Lipinski definition) is 10. The van der Waals surface area contributed by atoms with Gasteiger partial charge >= 0.3 is 11.9 Å². The van der Waals surface area contributed by atoms with Gasteiger partial charge in [-0.1, -0.05) is 60.7 Å². The highest BCUT2D eigenvalue weighted by atomic mass is 16.6. The molecule has 200 valence electrons. The van der Waals surface area contributed by atoms with Crippen LogP contribution in [0, 0.1) is 5.92 Å². The molecule has 2 aromatic carbocycles. The third-order valence-electron chi connectivity index (χ3n) is 6.31. The maximum Gasteiger partial charge on any atom is 0.320 e. The van der Waals surface area contributed by atoms with Gasteiger partial charge in [0.2, 0.25) is 0 Å². The standard InChI is InChI=1S/C26H31NO10/c27-25(34)26(22(31)21(30)20(29)19(13-28)37-26)12-11-18(23(32)35-14-16-7-3-1-4-8-16)24(33)36-15-17-9-5-2-6-10-17/h1-10,18-22,28-31H,11-15H2,(H2,27,34)/t19-,20-,21+,22+,26+/m1/s1. The number of benzene rings is 2. The Labute approximate surface area is 213 Å². The highest BCUT2D eigenvalue weighted by Crippen LogP contribution is 2.35. The summed E-state index contributed by atoms with van der Waals surface area (Å²) in [7, 11) is 0. The normalized spacial score (nSPS) is 25.4. The van der Waals surface area contributed by atoms with E-state index in [0.717, 1.165) is 0 Å². The third-order valence-corrected chi connectivity index (χ3v) is 6.31. The second kappa shape index (κ2) is 12.7. The molecule has 0 aromatic heterocycles. The predicted octanol–water partition coefficient (Wildman–Crippen LogP) is -0.433. The van der Waals surface area contributed by atoms with E-state index in [9.17, 15) is 34.8 Å². The van der Waals surface area contributed by atoms with Crippen LogP contribution in [0.3, 0.4) is 0 Å². The molecule has 0 radical (unpaired) electrons. The fourth-order valence-corrected chi connectivity index (χ4v) is 4.12. The Morgan fingerprint density at radius 3 is 1.78 bits per heavy atom. The van der Waals surface area contributed by atoms with Gasteiger partial charge in [-0.3, -0.25) is 14.4 Å². The fraction of sp³-hybridized carbons (Fsp3) is 0.423. The molecule has 1 amide bonds. The number of aliphatic hydroxyl groups is 4. The molecule has 0 aliphatic carbocycles. The van der Waals surface area contributed by atoms with Gasteiger partial charge in [-0.05, 0) is 24.0 Å². The molecule has 5 atom stereocenters. The van der Waals surface area contributed by atoms with Gasteiger partial charge in [-0.25, -0.2) is 0 Å². The summed E-state index contributed by atoms with van der Waals surface area (Å²) in [6.45, 7) is -1.04. The van der Waals surface area contributed by atoms with Crippen molar-refractivity contribution in [1.82, 2.24) is 0 Å². The molecule has 1 saturated heterocycles. The number of rotatable bonds is 11. The van der Waals surface area contributed by atoms with Crippen LogP contribution in [0.5, 0.6) is 0 Å². The van der Waals surface area contributed by atoms with Gasteiger partial charge < -0.3 is 40.4 Å². The van der Waals surface area contributed by atoms with Gasteiger partial charge in [0.1, 0.15) is 37.6 Å². The molecule has 6 N–H and O–H groups in total. The molecular weight excluding hydrogens is 486 g/mol. The van der Waals surface area contributed by atoms with Gasteiger partial charge in [0, 0.05) is 0 Å². The first-order valence-electron chi connectivity index (χ1n) is 11.7. The van der Waals surface area contributed by atoms with Gasteiger partial charge in [0.25, 0.3) is 5.91 Å². The number of esters is 2. The van der Waals surface area contributed by atoms with Crippen LogP contribution in [-0.4, -0.2) is 74.9 Å². The van der Waals surface area contributed by atoms with E-state index in [2.05, 4.69) is 0 Å². The van der Waals surface area contributed by atoms with Crippen molar-refractivity contribution in [2.24, 2.45) is 11.7 Å². The van der Waals surface area contributed by atoms with E-state index >= 15 is 0 Å². The quantitative estimate of drug-likeness (QED) is 0.193. The van der Waals surface area contributed by atoms with Crippen LogP contribution in [0.25, 0.3) is 0 Å². The second-order valence-corrected chi connectivity index (χ2v) is 8.80. The van der Waals surface area contributed by atoms with E-state index in [1.807, 2.05) is 0 Å². The Balaban J connectivity index is 1.79. The minimum Gasteiger partial charge on any atom is -0.460 e. The van der Waals surface area contributed by atoms with Crippen molar-refractivity contribution in [2.45, 2.75) is 56.1 Å². The Hall–Kier alpha value is -3.35. The molecule has 3 rings (SSSR count). The van der Waals surface area contributed by atoms with E-state index in [0.29, 0.717) is 11.1 Å². The number of hydrogen-bond donors (Lipinski definition) is 5. The summed E-state index contributed by atoms with van der Waals surface area (Å²) in [5.41, 5.74) is 4.54. The van der Waals surface area contributed by atoms with Crippen molar-refractivity contribution in [3.05, 3.63) is 71.8 Å². The second-order valence-electron chi connectivity index (χ2n) is 8.80. The summed E-state index contributed by atoms with van der Waals surface area (Å²) in [4.78, 5) is 38.3. The summed E-state index contributed by atoms with van der Waals surface area (Å²) in [5.74, 6) is -4.62. The van der Waals surface area contributed by atoms with Gasteiger partial charge in [0.15, 0.2) is 11.5 Å². The summed E-state index contributed by atoms with van der Waals surface area (Å²) < 4.78 is 16.1. The minimum absolute atomic E-state index is 0.125. The van der Waals surface area contributed by atoms with Crippen molar-refractivity contribution >= 4 is 17.8 Å². The van der Waals surface area contributed by atoms with E-state index < -0.39 is 73.2 Å². The first-order chi connectivity index (χ1) is 17.7. The number of carbonyl (C=O) groups is 3. The molecule has 0 spiro atoms. The molecule has 0 unspecified atom stereocenters. The zero-order chi connectivity index (χ0) is 27.0. The van der Waals surface area contributed by atoms with Gasteiger partial charge in [0.05, 0.1) is 6.61 Å². The van der Waals surface area contributed by atoms with E-state index in [-0.39, 0.29) is 13.2 Å². The van der Waals surface area contributed by atoms with Crippen LogP contribution in [0.4, 0.5) is 0 Å². The van der Waals surface area contributed by atoms with E-state index in [1.54, 1.807) is 60.7 Å². The number of amides is 1. The highest BCUT2D eigenvalue weighted by molar-refractivity contribution is 5.95. The average Bonchev–Trinajstić information content (AvgIpc) is 2.91. The Morgan fingerprint density at radius 1 is 0.865 bits per heavy atom. The lowest BCUT2D eigenvalue weighted by molar-refractivity contribution is -0.267. The maximum atomic E-state index is 13.0. The topological polar surface area (TPSA) is 186 Å². The molecule has 37 heavy (non-hydrogen) atoms. The van der Waals surface area contributed by atoms with Crippen LogP contribution >= 0.6 is 0 Å². The summed E-state index contributed by atoms with van der Waals surface area (Å²) in [5, 5.41) is 40.4. The third kappa shape index (κ3) is 6.70. The van der Waals surface area contributed by atoms with Crippen LogP contribution in [0.15, 0.2) is 60.7 Å². The lowest BCUT2D eigenvalue weighted by Crippen LogP contribution is -2.69. The van der Waals surface area contributed by atoms with Crippen LogP contribution in [0.2, 0.25) is 0 Å². The molecule has 1 aliphatic heterocycles. The largest absolute Gasteiger partial charge is 0.460 e. The molecule has 1 heterocycles. The highest BCUT2D eigenvalue weighted by Gasteiger charge is 2.57.